The van der Waals surface area contributed by atoms with E-state index in [-0.39, 0.29) is 17.2 Å². The molecular weight excluding hydrogens is 258 g/mol. The van der Waals surface area contributed by atoms with Crippen LogP contribution in [0.5, 0.6) is 0 Å². The lowest BCUT2D eigenvalue weighted by molar-refractivity contribution is 0.336. The molecule has 0 aliphatic carbocycles. The van der Waals surface area contributed by atoms with Crippen LogP contribution in [0.15, 0.2) is 23.1 Å². The van der Waals surface area contributed by atoms with Gasteiger partial charge in [-0.05, 0) is 31.4 Å². The summed E-state index contributed by atoms with van der Waals surface area (Å²) in [4.78, 5) is 0.502. The van der Waals surface area contributed by atoms with Crippen LogP contribution in [-0.2, 0) is 9.84 Å². The number of hydrogen-bond acceptors (Lipinski definition) is 3. The average molecular weight is 281 g/mol. The fourth-order valence-electron chi connectivity index (χ4n) is 2.81. The van der Waals surface area contributed by atoms with Crippen molar-refractivity contribution in [1.82, 2.24) is 5.32 Å². The normalized spacial score (nSPS) is 29.3. The molecule has 3 unspecified atom stereocenters. The van der Waals surface area contributed by atoms with Crippen molar-refractivity contribution in [1.29, 1.82) is 0 Å². The van der Waals surface area contributed by atoms with Crippen molar-refractivity contribution in [2.45, 2.75) is 56.8 Å². The highest BCUT2D eigenvalue weighted by Gasteiger charge is 2.41. The molecule has 0 saturated carbocycles. The van der Waals surface area contributed by atoms with Gasteiger partial charge in [0.25, 0.3) is 0 Å². The van der Waals surface area contributed by atoms with Gasteiger partial charge in [0, 0.05) is 12.1 Å². The van der Waals surface area contributed by atoms with Crippen molar-refractivity contribution in [3.63, 3.8) is 0 Å². The molecule has 1 N–H and O–H groups in total. The van der Waals surface area contributed by atoms with Crippen LogP contribution in [0, 0.1) is 12.8 Å². The van der Waals surface area contributed by atoms with E-state index in [0.29, 0.717) is 10.9 Å². The minimum Gasteiger partial charge on any atom is -0.307 e. The van der Waals surface area contributed by atoms with Crippen LogP contribution < -0.4 is 5.32 Å². The lowest BCUT2D eigenvalue weighted by atomic mass is 9.90. The first kappa shape index (κ1) is 14.5. The van der Waals surface area contributed by atoms with Gasteiger partial charge in [-0.15, -0.1) is 0 Å². The van der Waals surface area contributed by atoms with Crippen molar-refractivity contribution in [2.24, 2.45) is 5.92 Å². The van der Waals surface area contributed by atoms with Crippen LogP contribution in [0.3, 0.4) is 0 Å². The summed E-state index contributed by atoms with van der Waals surface area (Å²) in [5, 5.41) is 3.17. The molecular formula is C15H23NO2S. The highest BCUT2D eigenvalue weighted by atomic mass is 32.2. The predicted octanol–water partition coefficient (Wildman–Crippen LogP) is 2.85. The molecule has 0 saturated heterocycles. The Balaban J connectivity index is 2.63. The van der Waals surface area contributed by atoms with Crippen LogP contribution in [0.2, 0.25) is 0 Å². The van der Waals surface area contributed by atoms with Crippen LogP contribution in [0.4, 0.5) is 0 Å². The van der Waals surface area contributed by atoms with Crippen molar-refractivity contribution >= 4 is 9.84 Å². The Kier molecular flexibility index (Phi) is 3.76. The summed E-state index contributed by atoms with van der Waals surface area (Å²) < 4.78 is 25.1. The Morgan fingerprint density at radius 1 is 1.21 bits per heavy atom. The summed E-state index contributed by atoms with van der Waals surface area (Å²) in [7, 11) is -3.20. The van der Waals surface area contributed by atoms with E-state index in [9.17, 15) is 8.42 Å². The van der Waals surface area contributed by atoms with Gasteiger partial charge >= 0.3 is 0 Å². The maximum Gasteiger partial charge on any atom is 0.181 e. The van der Waals surface area contributed by atoms with E-state index in [1.165, 1.54) is 0 Å². The molecule has 3 atom stereocenters. The van der Waals surface area contributed by atoms with Crippen molar-refractivity contribution in [2.75, 3.05) is 0 Å². The number of nitrogens with one attached hydrogen (secondary N) is 1. The van der Waals surface area contributed by atoms with Gasteiger partial charge in [0.05, 0.1) is 10.1 Å². The molecule has 1 aromatic carbocycles. The van der Waals surface area contributed by atoms with E-state index >= 15 is 0 Å². The molecule has 0 aromatic heterocycles. The summed E-state index contributed by atoms with van der Waals surface area (Å²) >= 11 is 0. The smallest absolute Gasteiger partial charge is 0.181 e. The Bertz CT molecular complexity index is 578. The van der Waals surface area contributed by atoms with Crippen LogP contribution in [-0.4, -0.2) is 19.7 Å². The Morgan fingerprint density at radius 3 is 2.42 bits per heavy atom. The first-order chi connectivity index (χ1) is 8.75. The van der Waals surface area contributed by atoms with Gasteiger partial charge in [0.15, 0.2) is 9.84 Å². The van der Waals surface area contributed by atoms with Crippen LogP contribution in [0.25, 0.3) is 0 Å². The van der Waals surface area contributed by atoms with Crippen LogP contribution >= 0.6 is 0 Å². The third-order valence-corrected chi connectivity index (χ3v) is 6.47. The highest BCUT2D eigenvalue weighted by molar-refractivity contribution is 7.92. The van der Waals surface area contributed by atoms with Crippen molar-refractivity contribution < 1.29 is 8.42 Å². The molecule has 19 heavy (non-hydrogen) atoms. The summed E-state index contributed by atoms with van der Waals surface area (Å²) in [6.07, 6.45) is 0. The second kappa shape index (κ2) is 4.91. The zero-order chi connectivity index (χ0) is 14.4. The first-order valence-electron chi connectivity index (χ1n) is 6.85. The second-order valence-corrected chi connectivity index (χ2v) is 8.22. The zero-order valence-electron chi connectivity index (χ0n) is 12.3. The van der Waals surface area contributed by atoms with Gasteiger partial charge in [-0.3, -0.25) is 0 Å². The third kappa shape index (κ3) is 2.43. The SMILES string of the molecule is Cc1ccc2c(c1)C(NC(C)C)C(C)C(C)S2(=O)=O. The van der Waals surface area contributed by atoms with E-state index in [1.54, 1.807) is 6.07 Å². The fraction of sp³-hybridized carbons (Fsp3) is 0.600. The van der Waals surface area contributed by atoms with Crippen LogP contribution in [0.1, 0.15) is 44.9 Å². The number of rotatable bonds is 2. The topological polar surface area (TPSA) is 46.2 Å². The van der Waals surface area contributed by atoms with E-state index in [1.807, 2.05) is 32.9 Å². The van der Waals surface area contributed by atoms with Gasteiger partial charge in [-0.25, -0.2) is 8.42 Å². The minimum atomic E-state index is -3.20. The Morgan fingerprint density at radius 2 is 1.84 bits per heavy atom. The molecule has 3 nitrogen and oxygen atoms in total. The summed E-state index contributed by atoms with van der Waals surface area (Å²) in [5.74, 6) is 0.0710. The molecule has 106 valence electrons. The molecule has 0 fully saturated rings. The fourth-order valence-corrected chi connectivity index (χ4v) is 4.70. The van der Waals surface area contributed by atoms with E-state index in [2.05, 4.69) is 19.2 Å². The second-order valence-electron chi connectivity index (χ2n) is 5.95. The maximum atomic E-state index is 12.5. The molecule has 0 spiro atoms. The number of sulfone groups is 1. The molecule has 1 heterocycles. The standard InChI is InChI=1S/C15H23NO2S/c1-9(2)16-15-11(4)12(5)19(17,18)14-7-6-10(3)8-13(14)15/h6-9,11-12,15-16H,1-5H3. The molecule has 1 aromatic rings. The van der Waals surface area contributed by atoms with Gasteiger partial charge in [-0.2, -0.15) is 0 Å². The predicted molar refractivity (Wildman–Crippen MR) is 78.0 cm³/mol. The largest absolute Gasteiger partial charge is 0.307 e. The quantitative estimate of drug-likeness (QED) is 0.906. The third-order valence-electron chi connectivity index (χ3n) is 4.08. The number of fused-ring (bicyclic) bond motifs is 1. The van der Waals surface area contributed by atoms with E-state index < -0.39 is 9.84 Å². The van der Waals surface area contributed by atoms with E-state index in [0.717, 1.165) is 11.1 Å². The molecule has 1 aliphatic heterocycles. The first-order valence-corrected chi connectivity index (χ1v) is 8.40. The molecule has 1 aliphatic rings. The summed E-state index contributed by atoms with van der Waals surface area (Å²) in [6, 6.07) is 6.08. The zero-order valence-corrected chi connectivity index (χ0v) is 13.1. The molecule has 2 rings (SSSR count). The van der Waals surface area contributed by atoms with Gasteiger partial charge in [0.1, 0.15) is 0 Å². The number of aryl methyl sites for hydroxylation is 1. The van der Waals surface area contributed by atoms with Crippen molar-refractivity contribution in [3.8, 4) is 0 Å². The Hall–Kier alpha value is -0.870. The number of hydrogen-bond donors (Lipinski definition) is 1. The molecule has 0 radical (unpaired) electrons. The summed E-state index contributed by atoms with van der Waals surface area (Å²) in [5.41, 5.74) is 2.03. The lowest BCUT2D eigenvalue weighted by Crippen LogP contribution is -2.43. The number of benzene rings is 1. The highest BCUT2D eigenvalue weighted by Crippen LogP contribution is 2.40. The summed E-state index contributed by atoms with van der Waals surface area (Å²) in [6.45, 7) is 10.0. The average Bonchev–Trinajstić information content (AvgIpc) is 2.32. The molecule has 0 bridgehead atoms. The molecule has 0 amide bonds. The maximum absolute atomic E-state index is 12.5. The van der Waals surface area contributed by atoms with Gasteiger partial charge in [-0.1, -0.05) is 38.5 Å². The molecule has 4 heteroatoms. The van der Waals surface area contributed by atoms with E-state index in [4.69, 9.17) is 0 Å². The Labute approximate surface area is 116 Å². The van der Waals surface area contributed by atoms with Crippen molar-refractivity contribution in [3.05, 3.63) is 29.3 Å². The lowest BCUT2D eigenvalue weighted by Gasteiger charge is -2.37. The minimum absolute atomic E-state index is 0.0710. The van der Waals surface area contributed by atoms with Gasteiger partial charge in [0.2, 0.25) is 0 Å². The monoisotopic (exact) mass is 281 g/mol. The van der Waals surface area contributed by atoms with Gasteiger partial charge < -0.3 is 5.32 Å².